The molecular formula is C17H19F2NO. The minimum atomic E-state index is -1.09. The van der Waals surface area contributed by atoms with E-state index in [9.17, 15) is 13.9 Å². The van der Waals surface area contributed by atoms with E-state index in [4.69, 9.17) is 0 Å². The van der Waals surface area contributed by atoms with Gasteiger partial charge in [0.1, 0.15) is 11.6 Å². The van der Waals surface area contributed by atoms with Crippen LogP contribution >= 0.6 is 0 Å². The second-order valence-electron chi connectivity index (χ2n) is 5.22. The Hall–Kier alpha value is -1.78. The highest BCUT2D eigenvalue weighted by Crippen LogP contribution is 2.19. The van der Waals surface area contributed by atoms with Crippen molar-refractivity contribution in [3.8, 4) is 0 Å². The average Bonchev–Trinajstić information content (AvgIpc) is 2.47. The Morgan fingerprint density at radius 1 is 1.10 bits per heavy atom. The SMILES string of the molecule is Cc1ccc([C@@H](C)NCC(O)c2cc(F)ccc2F)cc1. The first-order valence-electron chi connectivity index (χ1n) is 6.90. The molecule has 2 aromatic rings. The van der Waals surface area contributed by atoms with E-state index < -0.39 is 17.7 Å². The summed E-state index contributed by atoms with van der Waals surface area (Å²) in [6, 6.07) is 11.1. The van der Waals surface area contributed by atoms with Crippen LogP contribution in [0.15, 0.2) is 42.5 Å². The van der Waals surface area contributed by atoms with Gasteiger partial charge in [0.05, 0.1) is 6.10 Å². The lowest BCUT2D eigenvalue weighted by Crippen LogP contribution is -2.25. The summed E-state index contributed by atoms with van der Waals surface area (Å²) < 4.78 is 26.7. The molecule has 2 rings (SSSR count). The lowest BCUT2D eigenvalue weighted by molar-refractivity contribution is 0.166. The molecule has 0 heterocycles. The lowest BCUT2D eigenvalue weighted by atomic mass is 10.1. The molecule has 21 heavy (non-hydrogen) atoms. The van der Waals surface area contributed by atoms with E-state index in [0.717, 1.165) is 23.8 Å². The molecule has 112 valence electrons. The standard InChI is InChI=1S/C17H19F2NO/c1-11-3-5-13(6-4-11)12(2)20-10-17(21)15-9-14(18)7-8-16(15)19/h3-9,12,17,20-21H,10H2,1-2H3/t12-,17?/m1/s1. The fraction of sp³-hybridized carbons (Fsp3) is 0.294. The van der Waals surface area contributed by atoms with Gasteiger partial charge in [-0.1, -0.05) is 29.8 Å². The monoisotopic (exact) mass is 291 g/mol. The van der Waals surface area contributed by atoms with Crippen molar-refractivity contribution >= 4 is 0 Å². The fourth-order valence-electron chi connectivity index (χ4n) is 2.14. The Balaban J connectivity index is 1.98. The number of rotatable bonds is 5. The summed E-state index contributed by atoms with van der Waals surface area (Å²) in [5.41, 5.74) is 2.22. The van der Waals surface area contributed by atoms with Gasteiger partial charge in [0, 0.05) is 18.2 Å². The largest absolute Gasteiger partial charge is 0.387 e. The topological polar surface area (TPSA) is 32.3 Å². The van der Waals surface area contributed by atoms with Gasteiger partial charge in [-0.3, -0.25) is 0 Å². The van der Waals surface area contributed by atoms with E-state index in [-0.39, 0.29) is 18.2 Å². The van der Waals surface area contributed by atoms with Gasteiger partial charge in [0.25, 0.3) is 0 Å². The molecule has 0 amide bonds. The molecule has 0 fully saturated rings. The molecule has 4 heteroatoms. The quantitative estimate of drug-likeness (QED) is 0.881. The summed E-state index contributed by atoms with van der Waals surface area (Å²) >= 11 is 0. The first-order chi connectivity index (χ1) is 9.97. The fourth-order valence-corrected chi connectivity index (χ4v) is 2.14. The molecule has 2 N–H and O–H groups in total. The van der Waals surface area contributed by atoms with Crippen molar-refractivity contribution in [1.29, 1.82) is 0 Å². The molecule has 0 aliphatic carbocycles. The summed E-state index contributed by atoms with van der Waals surface area (Å²) in [7, 11) is 0. The number of aliphatic hydroxyl groups is 1. The summed E-state index contributed by atoms with van der Waals surface area (Å²) in [6.45, 7) is 4.12. The first kappa shape index (κ1) is 15.6. The van der Waals surface area contributed by atoms with Crippen LogP contribution in [0.2, 0.25) is 0 Å². The molecule has 2 atom stereocenters. The maximum absolute atomic E-state index is 13.6. The van der Waals surface area contributed by atoms with Crippen LogP contribution in [0.5, 0.6) is 0 Å². The summed E-state index contributed by atoms with van der Waals surface area (Å²) in [5.74, 6) is -1.16. The molecule has 0 radical (unpaired) electrons. The highest BCUT2D eigenvalue weighted by atomic mass is 19.1. The second-order valence-corrected chi connectivity index (χ2v) is 5.22. The van der Waals surface area contributed by atoms with E-state index in [1.54, 1.807) is 0 Å². The maximum atomic E-state index is 13.6. The van der Waals surface area contributed by atoms with E-state index in [2.05, 4.69) is 5.32 Å². The molecule has 0 saturated heterocycles. The van der Waals surface area contributed by atoms with Crippen molar-refractivity contribution in [2.45, 2.75) is 26.0 Å². The number of nitrogens with one attached hydrogen (secondary N) is 1. The molecule has 0 aliphatic rings. The van der Waals surface area contributed by atoms with Crippen LogP contribution in [-0.4, -0.2) is 11.7 Å². The predicted octanol–water partition coefficient (Wildman–Crippen LogP) is 3.66. The van der Waals surface area contributed by atoms with Gasteiger partial charge < -0.3 is 10.4 Å². The minimum absolute atomic E-state index is 0.0110. The summed E-state index contributed by atoms with van der Waals surface area (Å²) in [5, 5.41) is 13.1. The molecule has 2 nitrogen and oxygen atoms in total. The first-order valence-corrected chi connectivity index (χ1v) is 6.90. The zero-order valence-electron chi connectivity index (χ0n) is 12.1. The van der Waals surface area contributed by atoms with Crippen LogP contribution in [0, 0.1) is 18.6 Å². The number of aryl methyl sites for hydroxylation is 1. The zero-order valence-corrected chi connectivity index (χ0v) is 12.1. The van der Waals surface area contributed by atoms with Crippen molar-refractivity contribution < 1.29 is 13.9 Å². The third-order valence-corrected chi connectivity index (χ3v) is 3.51. The van der Waals surface area contributed by atoms with E-state index in [1.807, 2.05) is 38.1 Å². The van der Waals surface area contributed by atoms with Crippen LogP contribution in [-0.2, 0) is 0 Å². The van der Waals surface area contributed by atoms with Crippen molar-refractivity contribution in [3.05, 3.63) is 70.8 Å². The molecular weight excluding hydrogens is 272 g/mol. The molecule has 0 saturated carbocycles. The van der Waals surface area contributed by atoms with Crippen molar-refractivity contribution in [2.24, 2.45) is 0 Å². The third-order valence-electron chi connectivity index (χ3n) is 3.51. The number of benzene rings is 2. The van der Waals surface area contributed by atoms with E-state index >= 15 is 0 Å². The highest BCUT2D eigenvalue weighted by molar-refractivity contribution is 5.24. The molecule has 0 bridgehead atoms. The minimum Gasteiger partial charge on any atom is -0.387 e. The van der Waals surface area contributed by atoms with Gasteiger partial charge in [0.15, 0.2) is 0 Å². The molecule has 0 aromatic heterocycles. The van der Waals surface area contributed by atoms with E-state index in [0.29, 0.717) is 0 Å². The molecule has 1 unspecified atom stereocenters. The Morgan fingerprint density at radius 2 is 1.76 bits per heavy atom. The van der Waals surface area contributed by atoms with Crippen molar-refractivity contribution in [2.75, 3.05) is 6.54 Å². The second kappa shape index (κ2) is 6.78. The van der Waals surface area contributed by atoms with Gasteiger partial charge >= 0.3 is 0 Å². The number of aliphatic hydroxyl groups excluding tert-OH is 1. The molecule has 2 aromatic carbocycles. The maximum Gasteiger partial charge on any atom is 0.129 e. The Labute approximate surface area is 123 Å². The summed E-state index contributed by atoms with van der Waals surface area (Å²) in [6.07, 6.45) is -1.09. The van der Waals surface area contributed by atoms with E-state index in [1.165, 1.54) is 5.56 Å². The highest BCUT2D eigenvalue weighted by Gasteiger charge is 2.15. The van der Waals surface area contributed by atoms with Crippen LogP contribution in [0.1, 0.15) is 35.8 Å². The summed E-state index contributed by atoms with van der Waals surface area (Å²) in [4.78, 5) is 0. The Bertz CT molecular complexity index is 598. The Morgan fingerprint density at radius 3 is 2.43 bits per heavy atom. The van der Waals surface area contributed by atoms with Crippen LogP contribution in [0.3, 0.4) is 0 Å². The van der Waals surface area contributed by atoms with Gasteiger partial charge in [-0.05, 0) is 37.6 Å². The third kappa shape index (κ3) is 4.09. The van der Waals surface area contributed by atoms with Gasteiger partial charge in [0.2, 0.25) is 0 Å². The van der Waals surface area contributed by atoms with Crippen molar-refractivity contribution in [3.63, 3.8) is 0 Å². The lowest BCUT2D eigenvalue weighted by Gasteiger charge is -2.18. The van der Waals surface area contributed by atoms with Gasteiger partial charge in [-0.2, -0.15) is 0 Å². The Kier molecular flexibility index (Phi) is 5.04. The molecule has 0 spiro atoms. The average molecular weight is 291 g/mol. The smallest absolute Gasteiger partial charge is 0.129 e. The predicted molar refractivity (Wildman–Crippen MR) is 78.9 cm³/mol. The number of hydrogen-bond donors (Lipinski definition) is 2. The molecule has 0 aliphatic heterocycles. The zero-order chi connectivity index (χ0) is 15.4. The normalized spacial score (nSPS) is 14.0. The van der Waals surface area contributed by atoms with Crippen LogP contribution in [0.4, 0.5) is 8.78 Å². The number of hydrogen-bond acceptors (Lipinski definition) is 2. The number of halogens is 2. The van der Waals surface area contributed by atoms with Gasteiger partial charge in [-0.15, -0.1) is 0 Å². The van der Waals surface area contributed by atoms with Gasteiger partial charge in [-0.25, -0.2) is 8.78 Å². The van der Waals surface area contributed by atoms with Crippen molar-refractivity contribution in [1.82, 2.24) is 5.32 Å². The van der Waals surface area contributed by atoms with Crippen LogP contribution < -0.4 is 5.32 Å². The van der Waals surface area contributed by atoms with Crippen LogP contribution in [0.25, 0.3) is 0 Å².